The van der Waals surface area contributed by atoms with Crippen LogP contribution in [0.4, 0.5) is 11.5 Å². The number of hydrogen-bond donors (Lipinski definition) is 1. The summed E-state index contributed by atoms with van der Waals surface area (Å²) >= 11 is 12.1. The highest BCUT2D eigenvalue weighted by Crippen LogP contribution is 2.30. The van der Waals surface area contributed by atoms with Gasteiger partial charge in [-0.2, -0.15) is 5.26 Å². The Morgan fingerprint density at radius 1 is 1.22 bits per heavy atom. The van der Waals surface area contributed by atoms with E-state index in [9.17, 15) is 5.26 Å². The monoisotopic (exact) mass is 401 g/mol. The lowest BCUT2D eigenvalue weighted by molar-refractivity contribution is 0.254. The Kier molecular flexibility index (Phi) is 5.97. The van der Waals surface area contributed by atoms with Gasteiger partial charge >= 0.3 is 0 Å². The van der Waals surface area contributed by atoms with Crippen molar-refractivity contribution >= 4 is 45.6 Å². The van der Waals surface area contributed by atoms with Crippen molar-refractivity contribution in [1.82, 2.24) is 14.9 Å². The Bertz CT molecular complexity index is 1020. The molecule has 0 aliphatic heterocycles. The number of ether oxygens (including phenoxy) is 1. The lowest BCUT2D eigenvalue weighted by atomic mass is 10.2. The van der Waals surface area contributed by atoms with Crippen LogP contribution in [0.25, 0.3) is 10.9 Å². The van der Waals surface area contributed by atoms with Gasteiger partial charge in [-0.15, -0.1) is 0 Å². The van der Waals surface area contributed by atoms with E-state index in [2.05, 4.69) is 21.4 Å². The summed E-state index contributed by atoms with van der Waals surface area (Å²) in [6.45, 7) is 1.31. The molecular weight excluding hydrogens is 385 g/mol. The molecule has 0 aliphatic carbocycles. The number of likely N-dealkylation sites (N-methyl/N-ethyl adjacent to an activating group) is 1. The minimum absolute atomic E-state index is 0.388. The molecule has 0 aliphatic rings. The summed E-state index contributed by atoms with van der Waals surface area (Å²) in [6.07, 6.45) is 1.62. The summed E-state index contributed by atoms with van der Waals surface area (Å²) in [5.41, 5.74) is 1.64. The van der Waals surface area contributed by atoms with Crippen molar-refractivity contribution in [3.05, 3.63) is 52.1 Å². The van der Waals surface area contributed by atoms with Crippen molar-refractivity contribution in [3.63, 3.8) is 0 Å². The average Bonchev–Trinajstić information content (AvgIpc) is 2.63. The number of nitrogens with one attached hydrogen (secondary N) is 1. The van der Waals surface area contributed by atoms with Gasteiger partial charge in [0.15, 0.2) is 0 Å². The molecule has 3 aromatic rings. The first-order valence-corrected chi connectivity index (χ1v) is 8.92. The number of nitriles is 1. The van der Waals surface area contributed by atoms with E-state index >= 15 is 0 Å². The van der Waals surface area contributed by atoms with E-state index in [1.54, 1.807) is 36.5 Å². The zero-order chi connectivity index (χ0) is 19.4. The van der Waals surface area contributed by atoms with Crippen LogP contribution in [0, 0.1) is 11.3 Å². The Balaban J connectivity index is 1.89. The Morgan fingerprint density at radius 2 is 2.04 bits per heavy atom. The number of hydrogen-bond acceptors (Lipinski definition) is 6. The summed E-state index contributed by atoms with van der Waals surface area (Å²) in [6, 6.07) is 10.7. The maximum absolute atomic E-state index is 9.50. The number of pyridine rings is 2. The number of benzene rings is 1. The predicted molar refractivity (Wildman–Crippen MR) is 108 cm³/mol. The summed E-state index contributed by atoms with van der Waals surface area (Å²) in [5, 5.41) is 14.3. The molecule has 0 radical (unpaired) electrons. The molecule has 0 fully saturated rings. The molecule has 138 valence electrons. The average molecular weight is 402 g/mol. The summed E-state index contributed by atoms with van der Waals surface area (Å²) < 4.78 is 5.64. The number of nitrogens with zero attached hydrogens (tertiary/aromatic N) is 4. The highest BCUT2D eigenvalue weighted by molar-refractivity contribution is 6.36. The number of fused-ring (bicyclic) bond motifs is 1. The molecule has 1 N–H and O–H groups in total. The molecule has 1 aromatic carbocycles. The van der Waals surface area contributed by atoms with E-state index in [4.69, 9.17) is 27.9 Å². The fraction of sp³-hybridized carbons (Fsp3) is 0.211. The Hall–Kier alpha value is -2.59. The third-order valence-electron chi connectivity index (χ3n) is 3.77. The first-order valence-electron chi connectivity index (χ1n) is 8.17. The SMILES string of the molecule is CN(C)CCOc1cc2cc(C#N)c(Nc3ccc(Cl)cc3Cl)nc2cn1. The van der Waals surface area contributed by atoms with Crippen LogP contribution in [-0.4, -0.2) is 42.1 Å². The number of aromatic nitrogens is 2. The second-order valence-electron chi connectivity index (χ2n) is 6.11. The zero-order valence-corrected chi connectivity index (χ0v) is 16.3. The lowest BCUT2D eigenvalue weighted by Gasteiger charge is -2.12. The molecule has 0 atom stereocenters. The van der Waals surface area contributed by atoms with Crippen LogP contribution < -0.4 is 10.1 Å². The van der Waals surface area contributed by atoms with Crippen molar-refractivity contribution in [3.8, 4) is 11.9 Å². The molecule has 3 rings (SSSR count). The quantitative estimate of drug-likeness (QED) is 0.655. The van der Waals surface area contributed by atoms with Crippen LogP contribution in [0.15, 0.2) is 36.5 Å². The molecule has 0 saturated carbocycles. The molecular formula is C19H17Cl2N5O. The molecule has 0 amide bonds. The largest absolute Gasteiger partial charge is 0.476 e. The van der Waals surface area contributed by atoms with Crippen molar-refractivity contribution < 1.29 is 4.74 Å². The number of anilines is 2. The van der Waals surface area contributed by atoms with Gasteiger partial charge in [-0.25, -0.2) is 9.97 Å². The van der Waals surface area contributed by atoms with Gasteiger partial charge in [0.1, 0.15) is 18.5 Å². The van der Waals surface area contributed by atoms with Gasteiger partial charge in [0.25, 0.3) is 0 Å². The van der Waals surface area contributed by atoms with Crippen LogP contribution in [-0.2, 0) is 0 Å². The van der Waals surface area contributed by atoms with Gasteiger partial charge in [0.05, 0.1) is 28.0 Å². The van der Waals surface area contributed by atoms with Crippen LogP contribution in [0.5, 0.6) is 5.88 Å². The molecule has 6 nitrogen and oxygen atoms in total. The topological polar surface area (TPSA) is 74.1 Å². The predicted octanol–water partition coefficient (Wildman–Crippen LogP) is 4.49. The smallest absolute Gasteiger partial charge is 0.213 e. The molecule has 0 saturated heterocycles. The van der Waals surface area contributed by atoms with E-state index in [1.165, 1.54) is 0 Å². The van der Waals surface area contributed by atoms with Crippen LogP contribution in [0.1, 0.15) is 5.56 Å². The van der Waals surface area contributed by atoms with Crippen molar-refractivity contribution in [1.29, 1.82) is 5.26 Å². The van der Waals surface area contributed by atoms with Crippen molar-refractivity contribution in [2.45, 2.75) is 0 Å². The van der Waals surface area contributed by atoms with Gasteiger partial charge in [-0.3, -0.25) is 0 Å². The zero-order valence-electron chi connectivity index (χ0n) is 14.8. The summed E-state index contributed by atoms with van der Waals surface area (Å²) in [4.78, 5) is 10.8. The third-order valence-corrected chi connectivity index (χ3v) is 4.32. The molecule has 0 unspecified atom stereocenters. The second kappa shape index (κ2) is 8.40. The highest BCUT2D eigenvalue weighted by Gasteiger charge is 2.11. The van der Waals surface area contributed by atoms with Gasteiger partial charge in [-0.05, 0) is 38.4 Å². The van der Waals surface area contributed by atoms with E-state index in [0.717, 1.165) is 11.9 Å². The van der Waals surface area contributed by atoms with Gasteiger partial charge in [0, 0.05) is 23.0 Å². The van der Waals surface area contributed by atoms with Crippen molar-refractivity contribution in [2.75, 3.05) is 32.6 Å². The van der Waals surface area contributed by atoms with Crippen LogP contribution >= 0.6 is 23.2 Å². The lowest BCUT2D eigenvalue weighted by Crippen LogP contribution is -2.19. The van der Waals surface area contributed by atoms with Gasteiger partial charge < -0.3 is 15.0 Å². The van der Waals surface area contributed by atoms with E-state index < -0.39 is 0 Å². The minimum Gasteiger partial charge on any atom is -0.476 e. The van der Waals surface area contributed by atoms with Crippen molar-refractivity contribution in [2.24, 2.45) is 0 Å². The Labute approximate surface area is 167 Å². The second-order valence-corrected chi connectivity index (χ2v) is 6.96. The number of halogens is 2. The van der Waals surface area contributed by atoms with Gasteiger partial charge in [0.2, 0.25) is 5.88 Å². The maximum Gasteiger partial charge on any atom is 0.213 e. The standard InChI is InChI=1S/C19H17Cl2N5O/c1-26(2)5-6-27-18-8-12-7-13(10-22)19(25-17(12)11-23-18)24-16-4-3-14(20)9-15(16)21/h3-4,7-9,11H,5-6H2,1-2H3,(H,24,25). The molecule has 8 heteroatoms. The molecule has 0 spiro atoms. The highest BCUT2D eigenvalue weighted by atomic mass is 35.5. The number of rotatable bonds is 6. The molecule has 0 bridgehead atoms. The summed E-state index contributed by atoms with van der Waals surface area (Å²) in [5.74, 6) is 0.897. The first-order chi connectivity index (χ1) is 13.0. The Morgan fingerprint density at radius 3 is 2.74 bits per heavy atom. The molecule has 2 aromatic heterocycles. The van der Waals surface area contributed by atoms with Gasteiger partial charge in [-0.1, -0.05) is 23.2 Å². The molecule has 27 heavy (non-hydrogen) atoms. The summed E-state index contributed by atoms with van der Waals surface area (Å²) in [7, 11) is 3.95. The normalized spacial score (nSPS) is 10.8. The van der Waals surface area contributed by atoms with E-state index in [-0.39, 0.29) is 0 Å². The fourth-order valence-electron chi connectivity index (χ4n) is 2.37. The maximum atomic E-state index is 9.50. The molecule has 2 heterocycles. The van der Waals surface area contributed by atoms with Crippen LogP contribution in [0.2, 0.25) is 10.0 Å². The van der Waals surface area contributed by atoms with Crippen LogP contribution in [0.3, 0.4) is 0 Å². The first kappa shape index (κ1) is 19.2. The fourth-order valence-corrected chi connectivity index (χ4v) is 2.82. The third kappa shape index (κ3) is 4.77. The van der Waals surface area contributed by atoms with E-state index in [1.807, 2.05) is 19.0 Å². The van der Waals surface area contributed by atoms with E-state index in [0.29, 0.717) is 45.1 Å². The minimum atomic E-state index is 0.388.